The number of hydrogen-bond donors (Lipinski definition) is 1. The van der Waals surface area contributed by atoms with Gasteiger partial charge in [0.25, 0.3) is 11.8 Å². The summed E-state index contributed by atoms with van der Waals surface area (Å²) >= 11 is 1.20. The number of rotatable bonds is 5. The van der Waals surface area contributed by atoms with Crippen molar-refractivity contribution in [3.8, 4) is 0 Å². The second-order valence-electron chi connectivity index (χ2n) is 5.40. The SMILES string of the molecule is CS(=O)(=O)N1CCC(C(=O)OCC(=O)NC(=O)c2cccs2)CC1. The van der Waals surface area contributed by atoms with Gasteiger partial charge in [-0.25, -0.2) is 12.7 Å². The van der Waals surface area contributed by atoms with Crippen molar-refractivity contribution in [2.24, 2.45) is 5.92 Å². The second-order valence-corrected chi connectivity index (χ2v) is 8.33. The maximum Gasteiger partial charge on any atom is 0.309 e. The van der Waals surface area contributed by atoms with Gasteiger partial charge in [-0.05, 0) is 24.3 Å². The largest absolute Gasteiger partial charge is 0.455 e. The molecule has 1 N–H and O–H groups in total. The summed E-state index contributed by atoms with van der Waals surface area (Å²) in [5.74, 6) is -2.23. The lowest BCUT2D eigenvalue weighted by molar-refractivity contribution is -0.153. The average Bonchev–Trinajstić information content (AvgIpc) is 3.06. The monoisotopic (exact) mass is 374 g/mol. The Balaban J connectivity index is 1.73. The van der Waals surface area contributed by atoms with Gasteiger partial charge in [-0.2, -0.15) is 0 Å². The molecule has 2 amide bonds. The zero-order chi connectivity index (χ0) is 17.7. The summed E-state index contributed by atoms with van der Waals surface area (Å²) in [5.41, 5.74) is 0. The first kappa shape index (κ1) is 18.6. The fourth-order valence-corrected chi connectivity index (χ4v) is 3.80. The number of esters is 1. The predicted molar refractivity (Wildman–Crippen MR) is 86.9 cm³/mol. The van der Waals surface area contributed by atoms with Crippen LogP contribution in [0, 0.1) is 5.92 Å². The van der Waals surface area contributed by atoms with Crippen molar-refractivity contribution in [3.63, 3.8) is 0 Å². The average molecular weight is 374 g/mol. The molecule has 1 aliphatic heterocycles. The molecule has 0 aliphatic carbocycles. The molecule has 0 atom stereocenters. The molecule has 0 unspecified atom stereocenters. The zero-order valence-corrected chi connectivity index (χ0v) is 14.7. The smallest absolute Gasteiger partial charge is 0.309 e. The van der Waals surface area contributed by atoms with E-state index in [2.05, 4.69) is 5.32 Å². The number of thiophene rings is 1. The second kappa shape index (κ2) is 7.86. The van der Waals surface area contributed by atoms with Gasteiger partial charge in [-0.1, -0.05) is 6.07 Å². The standard InChI is InChI=1S/C14H18N2O6S2/c1-24(20,21)16-6-4-10(5-7-16)14(19)22-9-12(17)15-13(18)11-3-2-8-23-11/h2-3,8,10H,4-7,9H2,1H3,(H,15,17,18). The van der Waals surface area contributed by atoms with Crippen LogP contribution >= 0.6 is 11.3 Å². The van der Waals surface area contributed by atoms with Gasteiger partial charge in [0.1, 0.15) is 0 Å². The fraction of sp³-hybridized carbons (Fsp3) is 0.500. The van der Waals surface area contributed by atoms with E-state index in [-0.39, 0.29) is 13.1 Å². The molecule has 10 heteroatoms. The molecule has 2 rings (SSSR count). The van der Waals surface area contributed by atoms with Crippen molar-refractivity contribution in [1.29, 1.82) is 0 Å². The van der Waals surface area contributed by atoms with Crippen LogP contribution in [-0.4, -0.2) is 56.5 Å². The quantitative estimate of drug-likeness (QED) is 0.738. The van der Waals surface area contributed by atoms with Gasteiger partial charge >= 0.3 is 5.97 Å². The highest BCUT2D eigenvalue weighted by Gasteiger charge is 2.30. The Kier molecular flexibility index (Phi) is 6.08. The number of piperidine rings is 1. The van der Waals surface area contributed by atoms with E-state index in [0.717, 1.165) is 6.26 Å². The molecule has 1 aromatic heterocycles. The molecule has 0 saturated carbocycles. The number of ether oxygens (including phenoxy) is 1. The van der Waals surface area contributed by atoms with Gasteiger partial charge in [-0.3, -0.25) is 19.7 Å². The number of nitrogens with zero attached hydrogens (tertiary/aromatic N) is 1. The third kappa shape index (κ3) is 5.11. The summed E-state index contributed by atoms with van der Waals surface area (Å²) in [6.45, 7) is -0.0362. The van der Waals surface area contributed by atoms with Crippen molar-refractivity contribution in [3.05, 3.63) is 22.4 Å². The number of hydrogen-bond acceptors (Lipinski definition) is 7. The van der Waals surface area contributed by atoms with Crippen LogP contribution < -0.4 is 5.32 Å². The van der Waals surface area contributed by atoms with Crippen LogP contribution in [0.4, 0.5) is 0 Å². The minimum Gasteiger partial charge on any atom is -0.455 e. The molecule has 0 radical (unpaired) electrons. The molecule has 0 aromatic carbocycles. The van der Waals surface area contributed by atoms with Crippen LogP contribution in [0.15, 0.2) is 17.5 Å². The number of carbonyl (C=O) groups is 3. The first-order valence-corrected chi connectivity index (χ1v) is 9.99. The van der Waals surface area contributed by atoms with Crippen molar-refractivity contribution in [2.45, 2.75) is 12.8 Å². The van der Waals surface area contributed by atoms with E-state index in [4.69, 9.17) is 4.74 Å². The van der Waals surface area contributed by atoms with Crippen LogP contribution in [-0.2, 0) is 24.3 Å². The highest BCUT2D eigenvalue weighted by molar-refractivity contribution is 7.88. The summed E-state index contributed by atoms with van der Waals surface area (Å²) < 4.78 is 29.0. The van der Waals surface area contributed by atoms with Crippen LogP contribution in [0.1, 0.15) is 22.5 Å². The Morgan fingerprint density at radius 1 is 1.33 bits per heavy atom. The molecule has 1 aliphatic rings. The minimum atomic E-state index is -3.26. The lowest BCUT2D eigenvalue weighted by Crippen LogP contribution is -2.40. The van der Waals surface area contributed by atoms with Crippen molar-refractivity contribution >= 4 is 39.1 Å². The van der Waals surface area contributed by atoms with Gasteiger partial charge < -0.3 is 4.74 Å². The van der Waals surface area contributed by atoms with E-state index in [1.165, 1.54) is 15.6 Å². The van der Waals surface area contributed by atoms with E-state index in [1.54, 1.807) is 17.5 Å². The Morgan fingerprint density at radius 3 is 2.54 bits per heavy atom. The molecule has 24 heavy (non-hydrogen) atoms. The molecular weight excluding hydrogens is 356 g/mol. The summed E-state index contributed by atoms with van der Waals surface area (Å²) in [6.07, 6.45) is 1.82. The maximum absolute atomic E-state index is 11.9. The first-order chi connectivity index (χ1) is 11.3. The summed E-state index contributed by atoms with van der Waals surface area (Å²) in [6, 6.07) is 3.27. The number of sulfonamides is 1. The highest BCUT2D eigenvalue weighted by atomic mass is 32.2. The third-order valence-electron chi connectivity index (χ3n) is 3.60. The van der Waals surface area contributed by atoms with Crippen molar-refractivity contribution in [1.82, 2.24) is 9.62 Å². The van der Waals surface area contributed by atoms with Gasteiger partial charge in [0.05, 0.1) is 17.1 Å². The molecule has 1 aromatic rings. The number of nitrogens with one attached hydrogen (secondary N) is 1. The van der Waals surface area contributed by atoms with E-state index < -0.39 is 40.3 Å². The Morgan fingerprint density at radius 2 is 2.00 bits per heavy atom. The molecule has 8 nitrogen and oxygen atoms in total. The summed E-state index contributed by atoms with van der Waals surface area (Å²) in [4.78, 5) is 35.6. The van der Waals surface area contributed by atoms with Crippen LogP contribution in [0.25, 0.3) is 0 Å². The first-order valence-electron chi connectivity index (χ1n) is 7.27. The van der Waals surface area contributed by atoms with Crippen molar-refractivity contribution < 1.29 is 27.5 Å². The fourth-order valence-electron chi connectivity index (χ4n) is 2.31. The molecule has 1 fully saturated rings. The van der Waals surface area contributed by atoms with Gasteiger partial charge in [-0.15, -0.1) is 11.3 Å². The molecule has 2 heterocycles. The van der Waals surface area contributed by atoms with E-state index in [9.17, 15) is 22.8 Å². The molecule has 0 spiro atoms. The zero-order valence-electron chi connectivity index (χ0n) is 13.1. The summed E-state index contributed by atoms with van der Waals surface area (Å²) in [7, 11) is -3.26. The topological polar surface area (TPSA) is 110 Å². The maximum atomic E-state index is 11.9. The molecular formula is C14H18N2O6S2. The van der Waals surface area contributed by atoms with E-state index >= 15 is 0 Å². The van der Waals surface area contributed by atoms with Crippen LogP contribution in [0.3, 0.4) is 0 Å². The minimum absolute atomic E-state index is 0.252. The predicted octanol–water partition coefficient (Wildman–Crippen LogP) is 0.219. The van der Waals surface area contributed by atoms with Gasteiger partial charge in [0, 0.05) is 13.1 Å². The van der Waals surface area contributed by atoms with E-state index in [0.29, 0.717) is 17.7 Å². The third-order valence-corrected chi connectivity index (χ3v) is 5.77. The van der Waals surface area contributed by atoms with E-state index in [1.807, 2.05) is 0 Å². The van der Waals surface area contributed by atoms with Crippen LogP contribution in [0.5, 0.6) is 0 Å². The number of imide groups is 1. The highest BCUT2D eigenvalue weighted by Crippen LogP contribution is 2.20. The number of carbonyl (C=O) groups excluding carboxylic acids is 3. The Hall–Kier alpha value is -1.78. The normalized spacial score (nSPS) is 16.5. The molecule has 1 saturated heterocycles. The Bertz CT molecular complexity index is 706. The lowest BCUT2D eigenvalue weighted by atomic mass is 9.98. The van der Waals surface area contributed by atoms with Gasteiger partial charge in [0.2, 0.25) is 10.0 Å². The van der Waals surface area contributed by atoms with Crippen LogP contribution in [0.2, 0.25) is 0 Å². The summed E-state index contributed by atoms with van der Waals surface area (Å²) in [5, 5.41) is 3.85. The van der Waals surface area contributed by atoms with Gasteiger partial charge in [0.15, 0.2) is 6.61 Å². The Labute approximate surface area is 143 Å². The van der Waals surface area contributed by atoms with Crippen molar-refractivity contribution in [2.75, 3.05) is 26.0 Å². The lowest BCUT2D eigenvalue weighted by Gasteiger charge is -2.28. The molecule has 132 valence electrons. The number of amides is 2. The molecule has 0 bridgehead atoms.